The molecule has 0 atom stereocenters. The summed E-state index contributed by atoms with van der Waals surface area (Å²) in [5.74, 6) is -0.234. The van der Waals surface area contributed by atoms with E-state index < -0.39 is 0 Å². The van der Waals surface area contributed by atoms with Crippen molar-refractivity contribution in [3.8, 4) is 0 Å². The van der Waals surface area contributed by atoms with Crippen LogP contribution in [0.3, 0.4) is 0 Å². The molecule has 1 aliphatic rings. The molecule has 3 rings (SSSR count). The molecule has 0 radical (unpaired) electrons. The topological polar surface area (TPSA) is 51.3 Å². The molecule has 4 heteroatoms. The highest BCUT2D eigenvalue weighted by atomic mass is 16.1. The van der Waals surface area contributed by atoms with E-state index in [0.29, 0.717) is 13.0 Å². The Balaban J connectivity index is 2.07. The van der Waals surface area contributed by atoms with Crippen molar-refractivity contribution in [2.75, 3.05) is 13.1 Å². The maximum Gasteiger partial charge on any atom is 0.219 e. The van der Waals surface area contributed by atoms with E-state index in [1.807, 2.05) is 0 Å². The minimum Gasteiger partial charge on any atom is -0.370 e. The lowest BCUT2D eigenvalue weighted by Crippen LogP contribution is -2.31. The Morgan fingerprint density at radius 3 is 2.90 bits per heavy atom. The van der Waals surface area contributed by atoms with E-state index in [1.54, 1.807) is 0 Å². The number of likely N-dealkylation sites (N-methyl/N-ethyl adjacent to an activating group) is 1. The number of rotatable bonds is 4. The first-order valence-electron chi connectivity index (χ1n) is 7.30. The SMILES string of the molecule is CCN1CCc2c(c3ccccc3n2CCC(N)=O)C1. The highest BCUT2D eigenvalue weighted by Gasteiger charge is 2.22. The Morgan fingerprint density at radius 2 is 2.15 bits per heavy atom. The smallest absolute Gasteiger partial charge is 0.219 e. The number of aromatic nitrogens is 1. The van der Waals surface area contributed by atoms with Crippen molar-refractivity contribution < 1.29 is 4.79 Å². The average Bonchev–Trinajstić information content (AvgIpc) is 2.78. The summed E-state index contributed by atoms with van der Waals surface area (Å²) in [7, 11) is 0. The summed E-state index contributed by atoms with van der Waals surface area (Å²) in [6.45, 7) is 6.08. The van der Waals surface area contributed by atoms with Crippen LogP contribution in [0.25, 0.3) is 10.9 Å². The van der Waals surface area contributed by atoms with E-state index in [9.17, 15) is 4.79 Å². The predicted molar refractivity (Wildman–Crippen MR) is 80.4 cm³/mol. The van der Waals surface area contributed by atoms with Crippen LogP contribution in [-0.2, 0) is 24.3 Å². The van der Waals surface area contributed by atoms with Crippen molar-refractivity contribution in [2.45, 2.75) is 32.9 Å². The summed E-state index contributed by atoms with van der Waals surface area (Å²) in [6.07, 6.45) is 1.46. The van der Waals surface area contributed by atoms with Gasteiger partial charge in [-0.2, -0.15) is 0 Å². The number of para-hydroxylation sites is 1. The molecule has 1 aromatic carbocycles. The predicted octanol–water partition coefficient (Wildman–Crippen LogP) is 1.89. The number of fused-ring (bicyclic) bond motifs is 3. The van der Waals surface area contributed by atoms with Gasteiger partial charge < -0.3 is 10.3 Å². The van der Waals surface area contributed by atoms with E-state index in [4.69, 9.17) is 5.73 Å². The number of benzene rings is 1. The number of aryl methyl sites for hydroxylation is 1. The fourth-order valence-electron chi connectivity index (χ4n) is 3.20. The zero-order valence-corrected chi connectivity index (χ0v) is 11.9. The number of hydrogen-bond donors (Lipinski definition) is 1. The Morgan fingerprint density at radius 1 is 1.35 bits per heavy atom. The lowest BCUT2D eigenvalue weighted by Gasteiger charge is -2.26. The highest BCUT2D eigenvalue weighted by molar-refractivity contribution is 5.86. The second-order valence-corrected chi connectivity index (χ2v) is 5.43. The summed E-state index contributed by atoms with van der Waals surface area (Å²) < 4.78 is 2.29. The lowest BCUT2D eigenvalue weighted by atomic mass is 10.0. The molecule has 0 saturated carbocycles. The quantitative estimate of drug-likeness (QED) is 0.923. The molecule has 0 unspecified atom stereocenters. The summed E-state index contributed by atoms with van der Waals surface area (Å²) in [5.41, 5.74) is 9.36. The van der Waals surface area contributed by atoms with E-state index >= 15 is 0 Å². The van der Waals surface area contributed by atoms with E-state index in [1.165, 1.54) is 22.2 Å². The molecule has 1 aromatic heterocycles. The molecule has 0 aliphatic carbocycles. The number of primary amides is 1. The fourth-order valence-corrected chi connectivity index (χ4v) is 3.20. The molecular weight excluding hydrogens is 250 g/mol. The molecule has 1 aliphatic heterocycles. The van der Waals surface area contributed by atoms with E-state index in [-0.39, 0.29) is 5.91 Å². The molecule has 0 bridgehead atoms. The maximum atomic E-state index is 11.1. The van der Waals surface area contributed by atoms with Crippen LogP contribution in [0.2, 0.25) is 0 Å². The van der Waals surface area contributed by atoms with Gasteiger partial charge in [-0.1, -0.05) is 25.1 Å². The third-order valence-corrected chi connectivity index (χ3v) is 4.27. The van der Waals surface area contributed by atoms with Crippen molar-refractivity contribution in [1.29, 1.82) is 0 Å². The largest absolute Gasteiger partial charge is 0.370 e. The molecule has 2 heterocycles. The molecule has 20 heavy (non-hydrogen) atoms. The standard InChI is InChI=1S/C16H21N3O/c1-2-18-9-7-15-13(11-18)12-5-3-4-6-14(12)19(15)10-8-16(17)20/h3-6H,2,7-11H2,1H3,(H2,17,20). The minimum atomic E-state index is -0.234. The van der Waals surface area contributed by atoms with Crippen LogP contribution in [0.15, 0.2) is 24.3 Å². The van der Waals surface area contributed by atoms with Crippen LogP contribution >= 0.6 is 0 Å². The Hall–Kier alpha value is -1.81. The molecule has 2 aromatic rings. The Labute approximate surface area is 119 Å². The van der Waals surface area contributed by atoms with Gasteiger partial charge in [0.2, 0.25) is 5.91 Å². The van der Waals surface area contributed by atoms with Gasteiger partial charge in [-0.3, -0.25) is 9.69 Å². The van der Waals surface area contributed by atoms with Crippen molar-refractivity contribution in [3.63, 3.8) is 0 Å². The monoisotopic (exact) mass is 271 g/mol. The van der Waals surface area contributed by atoms with Gasteiger partial charge >= 0.3 is 0 Å². The van der Waals surface area contributed by atoms with E-state index in [2.05, 4.69) is 40.7 Å². The van der Waals surface area contributed by atoms with Crippen LogP contribution < -0.4 is 5.73 Å². The second-order valence-electron chi connectivity index (χ2n) is 5.43. The van der Waals surface area contributed by atoms with Gasteiger partial charge in [0.05, 0.1) is 0 Å². The zero-order chi connectivity index (χ0) is 14.1. The molecule has 0 spiro atoms. The van der Waals surface area contributed by atoms with Crippen LogP contribution in [0.1, 0.15) is 24.6 Å². The van der Waals surface area contributed by atoms with Gasteiger partial charge in [-0.05, 0) is 18.2 Å². The summed E-state index contributed by atoms with van der Waals surface area (Å²) in [4.78, 5) is 13.6. The summed E-state index contributed by atoms with van der Waals surface area (Å²) >= 11 is 0. The third kappa shape index (κ3) is 2.20. The molecule has 0 fully saturated rings. The van der Waals surface area contributed by atoms with Gasteiger partial charge in [-0.15, -0.1) is 0 Å². The molecule has 2 N–H and O–H groups in total. The zero-order valence-electron chi connectivity index (χ0n) is 11.9. The van der Waals surface area contributed by atoms with Crippen molar-refractivity contribution in [1.82, 2.24) is 9.47 Å². The van der Waals surface area contributed by atoms with Gasteiger partial charge in [0.25, 0.3) is 0 Å². The minimum absolute atomic E-state index is 0.234. The van der Waals surface area contributed by atoms with Crippen molar-refractivity contribution in [2.24, 2.45) is 5.73 Å². The number of hydrogen-bond acceptors (Lipinski definition) is 2. The molecule has 0 saturated heterocycles. The van der Waals surface area contributed by atoms with Gasteiger partial charge in [0.1, 0.15) is 0 Å². The molecule has 1 amide bonds. The first kappa shape index (κ1) is 13.2. The number of nitrogens with two attached hydrogens (primary N) is 1. The molecule has 4 nitrogen and oxygen atoms in total. The number of amides is 1. The van der Waals surface area contributed by atoms with Crippen LogP contribution in [-0.4, -0.2) is 28.5 Å². The number of carbonyl (C=O) groups is 1. The van der Waals surface area contributed by atoms with Crippen LogP contribution in [0.5, 0.6) is 0 Å². The second kappa shape index (κ2) is 5.29. The third-order valence-electron chi connectivity index (χ3n) is 4.27. The Kier molecular flexibility index (Phi) is 3.49. The average molecular weight is 271 g/mol. The van der Waals surface area contributed by atoms with E-state index in [0.717, 1.165) is 26.1 Å². The molecule has 106 valence electrons. The van der Waals surface area contributed by atoms with Gasteiger partial charge in [-0.25, -0.2) is 0 Å². The van der Waals surface area contributed by atoms with Crippen molar-refractivity contribution >= 4 is 16.8 Å². The fraction of sp³-hybridized carbons (Fsp3) is 0.438. The highest BCUT2D eigenvalue weighted by Crippen LogP contribution is 2.30. The normalized spacial score (nSPS) is 15.4. The summed E-state index contributed by atoms with van der Waals surface area (Å²) in [5, 5.41) is 1.32. The van der Waals surface area contributed by atoms with Gasteiger partial charge in [0.15, 0.2) is 0 Å². The number of carbonyl (C=O) groups excluding carboxylic acids is 1. The van der Waals surface area contributed by atoms with Crippen LogP contribution in [0, 0.1) is 0 Å². The maximum absolute atomic E-state index is 11.1. The number of nitrogens with zero attached hydrogens (tertiary/aromatic N) is 2. The van der Waals surface area contributed by atoms with Gasteiger partial charge in [0, 0.05) is 49.1 Å². The first-order chi connectivity index (χ1) is 9.70. The Bertz CT molecular complexity index is 644. The molecular formula is C16H21N3O. The van der Waals surface area contributed by atoms with Crippen molar-refractivity contribution in [3.05, 3.63) is 35.5 Å². The first-order valence-corrected chi connectivity index (χ1v) is 7.30. The van der Waals surface area contributed by atoms with Crippen LogP contribution in [0.4, 0.5) is 0 Å². The summed E-state index contributed by atoms with van der Waals surface area (Å²) in [6, 6.07) is 8.48. The lowest BCUT2D eigenvalue weighted by molar-refractivity contribution is -0.118.